The highest BCUT2D eigenvalue weighted by Crippen LogP contribution is 2.42. The third-order valence-corrected chi connectivity index (χ3v) is 5.04. The number of carbonyl (C=O) groups is 1. The monoisotopic (exact) mass is 402 g/mol. The highest BCUT2D eigenvalue weighted by atomic mass is 19.4. The van der Waals surface area contributed by atoms with E-state index in [9.17, 15) is 18.0 Å². The van der Waals surface area contributed by atoms with Crippen LogP contribution in [0.4, 0.5) is 18.9 Å². The first-order valence-corrected chi connectivity index (χ1v) is 9.54. The number of rotatable bonds is 5. The molecule has 152 valence electrons. The topological polar surface area (TPSA) is 62.1 Å². The maximum absolute atomic E-state index is 13.2. The molecule has 0 atom stereocenters. The van der Waals surface area contributed by atoms with Crippen LogP contribution in [0.3, 0.4) is 0 Å². The van der Waals surface area contributed by atoms with Crippen molar-refractivity contribution in [3.8, 4) is 22.9 Å². The number of nitrogens with zero attached hydrogens (tertiary/aromatic N) is 1. The van der Waals surface area contributed by atoms with Crippen molar-refractivity contribution >= 4 is 11.6 Å². The molecule has 29 heavy (non-hydrogen) atoms. The van der Waals surface area contributed by atoms with E-state index in [0.29, 0.717) is 24.0 Å². The molecule has 1 saturated carbocycles. The van der Waals surface area contributed by atoms with Gasteiger partial charge >= 0.3 is 6.36 Å². The average Bonchev–Trinajstić information content (AvgIpc) is 2.71. The summed E-state index contributed by atoms with van der Waals surface area (Å²) in [6, 6.07) is 13.7. The molecule has 1 aliphatic rings. The molecule has 0 heterocycles. The molecule has 0 bridgehead atoms. The molecule has 0 aliphatic heterocycles. The van der Waals surface area contributed by atoms with Crippen molar-refractivity contribution in [2.24, 2.45) is 5.92 Å². The Balaban J connectivity index is 2.10. The van der Waals surface area contributed by atoms with Gasteiger partial charge in [0.1, 0.15) is 0 Å². The molecule has 0 spiro atoms. The van der Waals surface area contributed by atoms with Gasteiger partial charge in [-0.15, -0.1) is 13.2 Å². The summed E-state index contributed by atoms with van der Waals surface area (Å²) < 4.78 is 43.8. The molecule has 0 saturated heterocycles. The number of benzene rings is 2. The first-order valence-electron chi connectivity index (χ1n) is 9.54. The van der Waals surface area contributed by atoms with Gasteiger partial charge in [-0.05, 0) is 18.4 Å². The number of ether oxygens (including phenoxy) is 1. The van der Waals surface area contributed by atoms with Gasteiger partial charge in [0.05, 0.1) is 18.2 Å². The fourth-order valence-corrected chi connectivity index (χ4v) is 3.65. The van der Waals surface area contributed by atoms with Crippen molar-refractivity contribution in [3.05, 3.63) is 48.0 Å². The zero-order chi connectivity index (χ0) is 20.9. The fourth-order valence-electron chi connectivity index (χ4n) is 3.65. The third kappa shape index (κ3) is 5.29. The maximum atomic E-state index is 13.2. The summed E-state index contributed by atoms with van der Waals surface area (Å²) in [4.78, 5) is 12.8. The van der Waals surface area contributed by atoms with Gasteiger partial charge < -0.3 is 10.1 Å². The Bertz CT molecular complexity index is 899. The van der Waals surface area contributed by atoms with Gasteiger partial charge in [0, 0.05) is 17.0 Å². The van der Waals surface area contributed by atoms with Crippen molar-refractivity contribution in [3.63, 3.8) is 0 Å². The molecule has 0 radical (unpaired) electrons. The van der Waals surface area contributed by atoms with Crippen LogP contribution in [0.2, 0.25) is 0 Å². The van der Waals surface area contributed by atoms with Gasteiger partial charge in [0.2, 0.25) is 5.91 Å². The summed E-state index contributed by atoms with van der Waals surface area (Å²) in [7, 11) is 0. The van der Waals surface area contributed by atoms with E-state index in [0.717, 1.165) is 19.3 Å². The van der Waals surface area contributed by atoms with Crippen LogP contribution in [0.1, 0.15) is 37.7 Å². The Hall–Kier alpha value is -3.01. The fraction of sp³-hybridized carbons (Fsp3) is 0.364. The molecule has 0 unspecified atom stereocenters. The second-order valence-corrected chi connectivity index (χ2v) is 7.05. The van der Waals surface area contributed by atoms with Crippen LogP contribution in [0.25, 0.3) is 11.1 Å². The van der Waals surface area contributed by atoms with E-state index in [-0.39, 0.29) is 29.5 Å². The smallest absolute Gasteiger partial charge is 0.403 e. The summed E-state index contributed by atoms with van der Waals surface area (Å²) >= 11 is 0. The summed E-state index contributed by atoms with van der Waals surface area (Å²) in [5, 5.41) is 11.7. The third-order valence-electron chi connectivity index (χ3n) is 5.04. The zero-order valence-corrected chi connectivity index (χ0v) is 15.8. The number of nitriles is 1. The number of halogens is 3. The van der Waals surface area contributed by atoms with Crippen molar-refractivity contribution in [1.29, 1.82) is 5.26 Å². The molecule has 4 nitrogen and oxygen atoms in total. The number of alkyl halides is 3. The van der Waals surface area contributed by atoms with Gasteiger partial charge in [-0.1, -0.05) is 61.7 Å². The number of hydrogen-bond donors (Lipinski definition) is 1. The molecule has 1 fully saturated rings. The standard InChI is InChI=1S/C22H21F3N2O2/c23-22(24,25)29-20-16(13-14-26)11-12-18(15-7-3-1-4-8-15)19(20)27-21(28)17-9-5-2-6-10-17/h1,3-4,7-8,11-12,17H,2,5-6,9-10,13H2,(H,27,28). The SMILES string of the molecule is N#CCc1ccc(-c2ccccc2)c(NC(=O)C2CCCCC2)c1OC(F)(F)F. The number of anilines is 1. The number of carbonyl (C=O) groups excluding carboxylic acids is 1. The lowest BCUT2D eigenvalue weighted by atomic mass is 9.88. The minimum atomic E-state index is -4.95. The van der Waals surface area contributed by atoms with Crippen LogP contribution in [0.15, 0.2) is 42.5 Å². The van der Waals surface area contributed by atoms with Gasteiger partial charge in [-0.2, -0.15) is 5.26 Å². The molecule has 7 heteroatoms. The number of amides is 1. The molecule has 1 aliphatic carbocycles. The van der Waals surface area contributed by atoms with Gasteiger partial charge in [-0.3, -0.25) is 4.79 Å². The molecule has 0 aromatic heterocycles. The highest BCUT2D eigenvalue weighted by Gasteiger charge is 2.35. The van der Waals surface area contributed by atoms with Crippen LogP contribution in [-0.4, -0.2) is 12.3 Å². The first kappa shape index (κ1) is 20.7. The molecular formula is C22H21F3N2O2. The van der Waals surface area contributed by atoms with Gasteiger partial charge in [0.25, 0.3) is 0 Å². The average molecular weight is 402 g/mol. The molecule has 2 aromatic carbocycles. The Labute approximate surface area is 167 Å². The largest absolute Gasteiger partial charge is 0.573 e. The second-order valence-electron chi connectivity index (χ2n) is 7.05. The van der Waals surface area contributed by atoms with Crippen LogP contribution >= 0.6 is 0 Å². The minimum absolute atomic E-state index is 0.0446. The van der Waals surface area contributed by atoms with E-state index < -0.39 is 12.1 Å². The number of nitrogens with one attached hydrogen (secondary N) is 1. The molecule has 1 amide bonds. The van der Waals surface area contributed by atoms with Crippen molar-refractivity contribution < 1.29 is 22.7 Å². The van der Waals surface area contributed by atoms with Crippen molar-refractivity contribution in [2.45, 2.75) is 44.9 Å². The van der Waals surface area contributed by atoms with Crippen LogP contribution < -0.4 is 10.1 Å². The van der Waals surface area contributed by atoms with Gasteiger partial charge in [0.15, 0.2) is 5.75 Å². The number of hydrogen-bond acceptors (Lipinski definition) is 3. The Kier molecular flexibility index (Phi) is 6.42. The lowest BCUT2D eigenvalue weighted by Gasteiger charge is -2.24. The summed E-state index contributed by atoms with van der Waals surface area (Å²) in [6.45, 7) is 0. The van der Waals surface area contributed by atoms with E-state index in [1.807, 2.05) is 6.07 Å². The van der Waals surface area contributed by atoms with E-state index in [2.05, 4.69) is 10.1 Å². The minimum Gasteiger partial charge on any atom is -0.403 e. The van der Waals surface area contributed by atoms with E-state index in [4.69, 9.17) is 5.26 Å². The molecule has 3 rings (SSSR count). The lowest BCUT2D eigenvalue weighted by Crippen LogP contribution is -2.26. The highest BCUT2D eigenvalue weighted by molar-refractivity contribution is 5.99. The van der Waals surface area contributed by atoms with E-state index >= 15 is 0 Å². The van der Waals surface area contributed by atoms with E-state index in [1.165, 1.54) is 6.07 Å². The van der Waals surface area contributed by atoms with Crippen LogP contribution in [0.5, 0.6) is 5.75 Å². The maximum Gasteiger partial charge on any atom is 0.573 e. The molecule has 2 aromatic rings. The van der Waals surface area contributed by atoms with Crippen LogP contribution in [-0.2, 0) is 11.2 Å². The predicted octanol–water partition coefficient (Wildman–Crippen LogP) is 5.84. The Morgan fingerprint density at radius 1 is 1.10 bits per heavy atom. The normalized spacial score (nSPS) is 14.8. The Morgan fingerprint density at radius 2 is 1.79 bits per heavy atom. The summed E-state index contributed by atoms with van der Waals surface area (Å²) in [6.07, 6.45) is -0.913. The van der Waals surface area contributed by atoms with Crippen LogP contribution in [0, 0.1) is 17.2 Å². The second kappa shape index (κ2) is 8.99. The van der Waals surface area contributed by atoms with Crippen molar-refractivity contribution in [1.82, 2.24) is 0 Å². The quantitative estimate of drug-likeness (QED) is 0.684. The predicted molar refractivity (Wildman–Crippen MR) is 103 cm³/mol. The lowest BCUT2D eigenvalue weighted by molar-refractivity contribution is -0.274. The first-order chi connectivity index (χ1) is 13.9. The summed E-state index contributed by atoms with van der Waals surface area (Å²) in [5.74, 6) is -1.08. The molecule has 1 N–H and O–H groups in total. The van der Waals surface area contributed by atoms with Crippen molar-refractivity contribution in [2.75, 3.05) is 5.32 Å². The van der Waals surface area contributed by atoms with E-state index in [1.54, 1.807) is 36.4 Å². The zero-order valence-electron chi connectivity index (χ0n) is 15.8. The van der Waals surface area contributed by atoms with Gasteiger partial charge in [-0.25, -0.2) is 0 Å². The Morgan fingerprint density at radius 3 is 2.41 bits per heavy atom. The summed E-state index contributed by atoms with van der Waals surface area (Å²) in [5.41, 5.74) is 1.08. The molecular weight excluding hydrogens is 381 g/mol.